The largest absolute Gasteiger partial charge is 0.370 e. The quantitative estimate of drug-likeness (QED) is 0.610. The Kier molecular flexibility index (Phi) is 3.28. The van der Waals surface area contributed by atoms with Crippen LogP contribution in [0.15, 0.2) is 0 Å². The van der Waals surface area contributed by atoms with Crippen molar-refractivity contribution in [2.24, 2.45) is 17.6 Å². The van der Waals surface area contributed by atoms with Crippen LogP contribution in [0.1, 0.15) is 27.2 Å². The van der Waals surface area contributed by atoms with Crippen LogP contribution in [0, 0.1) is 11.8 Å². The third-order valence-corrected chi connectivity index (χ3v) is 1.66. The van der Waals surface area contributed by atoms with Crippen LogP contribution in [0.2, 0.25) is 0 Å². The summed E-state index contributed by atoms with van der Waals surface area (Å²) < 4.78 is 0. The van der Waals surface area contributed by atoms with E-state index in [2.05, 4.69) is 13.8 Å². The highest BCUT2D eigenvalue weighted by Crippen LogP contribution is 2.12. The number of amides is 1. The highest BCUT2D eigenvalue weighted by Gasteiger charge is 2.08. The van der Waals surface area contributed by atoms with E-state index >= 15 is 0 Å². The van der Waals surface area contributed by atoms with Crippen molar-refractivity contribution in [1.82, 2.24) is 0 Å². The average Bonchev–Trinajstić information content (AvgIpc) is 1.63. The van der Waals surface area contributed by atoms with E-state index in [0.717, 1.165) is 0 Å². The fraction of sp³-hybridized carbons (Fsp3) is 0.857. The molecule has 0 bridgehead atoms. The lowest BCUT2D eigenvalue weighted by Gasteiger charge is -2.11. The predicted octanol–water partition coefficient (Wildman–Crippen LogP) is 1.15. The highest BCUT2D eigenvalue weighted by molar-refractivity contribution is 5.73. The van der Waals surface area contributed by atoms with Gasteiger partial charge < -0.3 is 5.73 Å². The molecule has 0 aromatic carbocycles. The van der Waals surface area contributed by atoms with Crippen LogP contribution in [0.3, 0.4) is 0 Å². The van der Waals surface area contributed by atoms with Gasteiger partial charge in [-0.1, -0.05) is 20.8 Å². The van der Waals surface area contributed by atoms with E-state index in [-0.39, 0.29) is 5.91 Å². The van der Waals surface area contributed by atoms with Crippen molar-refractivity contribution in [3.63, 3.8) is 0 Å². The van der Waals surface area contributed by atoms with Gasteiger partial charge in [-0.15, -0.1) is 0 Å². The molecule has 0 aliphatic carbocycles. The van der Waals surface area contributed by atoms with Crippen LogP contribution in [0.5, 0.6) is 0 Å². The molecule has 54 valence electrons. The number of rotatable bonds is 3. The van der Waals surface area contributed by atoms with Gasteiger partial charge in [-0.2, -0.15) is 0 Å². The molecule has 1 amide bonds. The van der Waals surface area contributed by atoms with Gasteiger partial charge in [-0.3, -0.25) is 4.79 Å². The molecule has 1 unspecified atom stereocenters. The lowest BCUT2D eigenvalue weighted by atomic mass is 9.95. The maximum atomic E-state index is 10.3. The summed E-state index contributed by atoms with van der Waals surface area (Å²) in [6.07, 6.45) is 0.512. The zero-order valence-corrected chi connectivity index (χ0v) is 6.35. The fourth-order valence-electron chi connectivity index (χ4n) is 0.553. The van der Waals surface area contributed by atoms with E-state index in [0.29, 0.717) is 18.3 Å². The van der Waals surface area contributed by atoms with E-state index < -0.39 is 0 Å². The van der Waals surface area contributed by atoms with E-state index in [1.54, 1.807) is 0 Å². The zero-order chi connectivity index (χ0) is 7.44. The van der Waals surface area contributed by atoms with Crippen molar-refractivity contribution in [2.45, 2.75) is 27.2 Å². The molecule has 0 aliphatic rings. The minimum absolute atomic E-state index is 0.198. The maximum Gasteiger partial charge on any atom is 0.217 e. The van der Waals surface area contributed by atoms with Gasteiger partial charge in [0.2, 0.25) is 5.91 Å². The summed E-state index contributed by atoms with van der Waals surface area (Å²) >= 11 is 0. The first kappa shape index (κ1) is 8.47. The van der Waals surface area contributed by atoms with Crippen molar-refractivity contribution in [1.29, 1.82) is 0 Å². The smallest absolute Gasteiger partial charge is 0.217 e. The monoisotopic (exact) mass is 129 g/mol. The van der Waals surface area contributed by atoms with E-state index in [9.17, 15) is 4.79 Å². The number of hydrogen-bond donors (Lipinski definition) is 1. The Morgan fingerprint density at radius 1 is 1.44 bits per heavy atom. The molecule has 0 aliphatic heterocycles. The zero-order valence-electron chi connectivity index (χ0n) is 6.35. The molecule has 2 heteroatoms. The third kappa shape index (κ3) is 4.01. The van der Waals surface area contributed by atoms with Crippen LogP contribution in [0.4, 0.5) is 0 Å². The third-order valence-electron chi connectivity index (χ3n) is 1.66. The van der Waals surface area contributed by atoms with Crippen molar-refractivity contribution in [2.75, 3.05) is 0 Å². The van der Waals surface area contributed by atoms with Crippen molar-refractivity contribution >= 4 is 5.91 Å². The lowest BCUT2D eigenvalue weighted by Crippen LogP contribution is -2.17. The van der Waals surface area contributed by atoms with Gasteiger partial charge in [-0.05, 0) is 11.8 Å². The number of carbonyl (C=O) groups is 1. The summed E-state index contributed by atoms with van der Waals surface area (Å²) in [6, 6.07) is 0. The van der Waals surface area contributed by atoms with E-state index in [1.807, 2.05) is 6.92 Å². The Morgan fingerprint density at radius 3 is 2.00 bits per heavy atom. The van der Waals surface area contributed by atoms with E-state index in [1.165, 1.54) is 0 Å². The topological polar surface area (TPSA) is 43.1 Å². The molecule has 0 rings (SSSR count). The van der Waals surface area contributed by atoms with Crippen LogP contribution in [-0.2, 0) is 4.79 Å². The van der Waals surface area contributed by atoms with Crippen LogP contribution in [-0.4, -0.2) is 5.91 Å². The molecule has 0 spiro atoms. The van der Waals surface area contributed by atoms with Gasteiger partial charge in [0.05, 0.1) is 0 Å². The molecule has 0 aromatic rings. The fourth-order valence-corrected chi connectivity index (χ4v) is 0.553. The summed E-state index contributed by atoms with van der Waals surface area (Å²) in [5.74, 6) is 0.774. The molecule has 1 atom stereocenters. The average molecular weight is 129 g/mol. The molecular formula is C7H15NO. The molecule has 0 fully saturated rings. The predicted molar refractivity (Wildman–Crippen MR) is 37.8 cm³/mol. The van der Waals surface area contributed by atoms with Crippen LogP contribution < -0.4 is 5.73 Å². The molecule has 2 nitrogen and oxygen atoms in total. The Hall–Kier alpha value is -0.530. The molecule has 0 heterocycles. The second-order valence-electron chi connectivity index (χ2n) is 2.89. The van der Waals surface area contributed by atoms with E-state index in [4.69, 9.17) is 5.73 Å². The van der Waals surface area contributed by atoms with Gasteiger partial charge >= 0.3 is 0 Å². The first-order valence-electron chi connectivity index (χ1n) is 3.32. The van der Waals surface area contributed by atoms with Crippen LogP contribution >= 0.6 is 0 Å². The second-order valence-corrected chi connectivity index (χ2v) is 2.89. The Balaban J connectivity index is 3.50. The summed E-state index contributed by atoms with van der Waals surface area (Å²) in [6.45, 7) is 6.22. The molecule has 9 heavy (non-hydrogen) atoms. The van der Waals surface area contributed by atoms with Crippen LogP contribution in [0.25, 0.3) is 0 Å². The van der Waals surface area contributed by atoms with Gasteiger partial charge in [-0.25, -0.2) is 0 Å². The second kappa shape index (κ2) is 3.49. The molecule has 0 radical (unpaired) electrons. The highest BCUT2D eigenvalue weighted by atomic mass is 16.1. The maximum absolute atomic E-state index is 10.3. The molecule has 2 N–H and O–H groups in total. The summed E-state index contributed by atoms with van der Waals surface area (Å²) in [7, 11) is 0. The minimum Gasteiger partial charge on any atom is -0.370 e. The normalized spacial score (nSPS) is 13.8. The summed E-state index contributed by atoms with van der Waals surface area (Å²) in [5, 5.41) is 0. The summed E-state index contributed by atoms with van der Waals surface area (Å²) in [5.41, 5.74) is 4.99. The minimum atomic E-state index is -0.198. The Bertz CT molecular complexity index is 99.1. The Morgan fingerprint density at radius 2 is 1.89 bits per heavy atom. The van der Waals surface area contributed by atoms with Gasteiger partial charge in [0, 0.05) is 6.42 Å². The number of hydrogen-bond acceptors (Lipinski definition) is 1. The molecular weight excluding hydrogens is 114 g/mol. The lowest BCUT2D eigenvalue weighted by molar-refractivity contribution is -0.119. The Labute approximate surface area is 56.4 Å². The van der Waals surface area contributed by atoms with Gasteiger partial charge in [0.1, 0.15) is 0 Å². The summed E-state index contributed by atoms with van der Waals surface area (Å²) in [4.78, 5) is 10.3. The number of carbonyl (C=O) groups excluding carboxylic acids is 1. The first-order valence-corrected chi connectivity index (χ1v) is 3.32. The van der Waals surface area contributed by atoms with Gasteiger partial charge in [0.25, 0.3) is 0 Å². The number of nitrogens with two attached hydrogens (primary N) is 1. The van der Waals surface area contributed by atoms with Crippen molar-refractivity contribution in [3.8, 4) is 0 Å². The standard InChI is InChI=1S/C7H15NO/c1-5(2)6(3)4-7(8)9/h5-6H,4H2,1-3H3,(H2,8,9). The number of primary amides is 1. The molecule has 0 aromatic heterocycles. The van der Waals surface area contributed by atoms with Gasteiger partial charge in [0.15, 0.2) is 0 Å². The molecule has 0 saturated carbocycles. The SMILES string of the molecule is CC(C)C(C)CC(N)=O. The van der Waals surface area contributed by atoms with Crippen molar-refractivity contribution in [3.05, 3.63) is 0 Å². The first-order chi connectivity index (χ1) is 4.04. The van der Waals surface area contributed by atoms with Crippen molar-refractivity contribution < 1.29 is 4.79 Å². The molecule has 0 saturated heterocycles.